The summed E-state index contributed by atoms with van der Waals surface area (Å²) >= 11 is 0. The number of hydrogen-bond acceptors (Lipinski definition) is 6. The fourth-order valence-electron chi connectivity index (χ4n) is 5.95. The fraction of sp³-hybridized carbons (Fsp3) is 0.870. The Kier molecular flexibility index (Phi) is 10.8. The van der Waals surface area contributed by atoms with Crippen molar-refractivity contribution in [3.8, 4) is 0 Å². The SMILES string of the molecule is O=C=NCCCC(CCCCC12CCC(CC1CCCN=C=O)C2)CCN=C=O. The standard InChI is InChI=1S/C23H35N3O3/c27-17-24-12-3-6-20(9-14-26-19-29)5-1-2-10-23-11-8-21(16-23)15-22(23)7-4-13-25-18-28/h20-22H,1-16H2. The first-order valence-electron chi connectivity index (χ1n) is 11.3. The number of carbonyl (C=O) groups excluding carboxylic acids is 3. The molecule has 0 aromatic rings. The largest absolute Gasteiger partial charge is 0.234 e. The monoisotopic (exact) mass is 401 g/mol. The summed E-state index contributed by atoms with van der Waals surface area (Å²) in [6.07, 6.45) is 20.4. The Morgan fingerprint density at radius 2 is 1.52 bits per heavy atom. The molecule has 2 bridgehead atoms. The normalized spacial score (nSPS) is 25.7. The van der Waals surface area contributed by atoms with Crippen molar-refractivity contribution < 1.29 is 14.4 Å². The van der Waals surface area contributed by atoms with E-state index in [4.69, 9.17) is 0 Å². The van der Waals surface area contributed by atoms with E-state index in [2.05, 4.69) is 15.0 Å². The van der Waals surface area contributed by atoms with Gasteiger partial charge in [0.05, 0.1) is 19.6 Å². The molecule has 0 aromatic carbocycles. The smallest absolute Gasteiger partial charge is 0.211 e. The Balaban J connectivity index is 1.74. The Morgan fingerprint density at radius 1 is 0.828 bits per heavy atom. The first kappa shape index (κ1) is 23.4. The fourth-order valence-corrected chi connectivity index (χ4v) is 5.95. The van der Waals surface area contributed by atoms with Crippen LogP contribution in [0.2, 0.25) is 0 Å². The lowest BCUT2D eigenvalue weighted by molar-refractivity contribution is 0.150. The summed E-state index contributed by atoms with van der Waals surface area (Å²) in [6.45, 7) is 1.71. The van der Waals surface area contributed by atoms with Gasteiger partial charge in [0.1, 0.15) is 0 Å². The lowest BCUT2D eigenvalue weighted by Gasteiger charge is -2.35. The van der Waals surface area contributed by atoms with E-state index >= 15 is 0 Å². The van der Waals surface area contributed by atoms with E-state index in [1.807, 2.05) is 0 Å². The minimum atomic E-state index is 0.531. The number of unbranched alkanes of at least 4 members (excludes halogenated alkanes) is 1. The zero-order chi connectivity index (χ0) is 20.8. The molecule has 6 heteroatoms. The van der Waals surface area contributed by atoms with E-state index < -0.39 is 0 Å². The molecule has 2 saturated carbocycles. The molecule has 4 atom stereocenters. The molecule has 0 heterocycles. The maximum absolute atomic E-state index is 10.3. The third-order valence-corrected chi connectivity index (χ3v) is 7.31. The quantitative estimate of drug-likeness (QED) is 0.209. The zero-order valence-electron chi connectivity index (χ0n) is 17.6. The molecule has 0 amide bonds. The molecule has 0 aliphatic heterocycles. The van der Waals surface area contributed by atoms with Crippen LogP contribution in [0.3, 0.4) is 0 Å². The third kappa shape index (κ3) is 7.82. The molecule has 6 nitrogen and oxygen atoms in total. The molecule has 2 fully saturated rings. The molecule has 2 aliphatic carbocycles. The van der Waals surface area contributed by atoms with Crippen LogP contribution in [-0.2, 0) is 14.4 Å². The van der Waals surface area contributed by atoms with Crippen molar-refractivity contribution >= 4 is 18.2 Å². The average molecular weight is 402 g/mol. The molecule has 2 aliphatic rings. The summed E-state index contributed by atoms with van der Waals surface area (Å²) in [4.78, 5) is 41.9. The van der Waals surface area contributed by atoms with Crippen LogP contribution < -0.4 is 0 Å². The highest BCUT2D eigenvalue weighted by molar-refractivity contribution is 5.33. The van der Waals surface area contributed by atoms with Crippen LogP contribution in [0.25, 0.3) is 0 Å². The maximum Gasteiger partial charge on any atom is 0.234 e. The summed E-state index contributed by atoms with van der Waals surface area (Å²) in [5, 5.41) is 0. The van der Waals surface area contributed by atoms with Gasteiger partial charge in [-0.05, 0) is 87.4 Å². The predicted molar refractivity (Wildman–Crippen MR) is 112 cm³/mol. The number of aliphatic imine (C=N–C) groups is 3. The van der Waals surface area contributed by atoms with Crippen LogP contribution in [0.4, 0.5) is 0 Å². The third-order valence-electron chi connectivity index (χ3n) is 7.31. The van der Waals surface area contributed by atoms with E-state index in [1.165, 1.54) is 51.4 Å². The number of isocyanates is 3. The molecule has 0 radical (unpaired) electrons. The lowest BCUT2D eigenvalue weighted by atomic mass is 9.70. The second-order valence-corrected chi connectivity index (χ2v) is 9.01. The van der Waals surface area contributed by atoms with Crippen LogP contribution in [-0.4, -0.2) is 37.9 Å². The number of rotatable bonds is 16. The van der Waals surface area contributed by atoms with Crippen molar-refractivity contribution in [3.63, 3.8) is 0 Å². The van der Waals surface area contributed by atoms with Crippen LogP contribution in [0, 0.1) is 23.2 Å². The van der Waals surface area contributed by atoms with Gasteiger partial charge in [0, 0.05) is 0 Å². The minimum absolute atomic E-state index is 0.531. The molecule has 2 rings (SSSR count). The highest BCUT2D eigenvalue weighted by atomic mass is 16.1. The maximum atomic E-state index is 10.3. The van der Waals surface area contributed by atoms with Crippen molar-refractivity contribution in [2.45, 2.75) is 83.5 Å². The number of nitrogens with zero attached hydrogens (tertiary/aromatic N) is 3. The summed E-state index contributed by atoms with van der Waals surface area (Å²) in [5.41, 5.74) is 0.533. The second kappa shape index (κ2) is 13.4. The molecule has 4 unspecified atom stereocenters. The summed E-state index contributed by atoms with van der Waals surface area (Å²) in [7, 11) is 0. The van der Waals surface area contributed by atoms with E-state index in [9.17, 15) is 14.4 Å². The molecule has 0 aromatic heterocycles. The highest BCUT2D eigenvalue weighted by Gasteiger charge is 2.50. The molecular formula is C23H35N3O3. The van der Waals surface area contributed by atoms with Gasteiger partial charge in [-0.25, -0.2) is 29.4 Å². The zero-order valence-corrected chi connectivity index (χ0v) is 17.6. The van der Waals surface area contributed by atoms with Crippen molar-refractivity contribution in [2.24, 2.45) is 38.1 Å². The van der Waals surface area contributed by atoms with E-state index in [-0.39, 0.29) is 0 Å². The summed E-state index contributed by atoms with van der Waals surface area (Å²) in [6, 6.07) is 0. The molecule has 0 spiro atoms. The van der Waals surface area contributed by atoms with Crippen molar-refractivity contribution in [1.29, 1.82) is 0 Å². The lowest BCUT2D eigenvalue weighted by Crippen LogP contribution is -2.25. The van der Waals surface area contributed by atoms with E-state index in [0.717, 1.165) is 43.9 Å². The second-order valence-electron chi connectivity index (χ2n) is 9.01. The Hall–Kier alpha value is -1.86. The van der Waals surface area contributed by atoms with Crippen LogP contribution in [0.1, 0.15) is 83.5 Å². The van der Waals surface area contributed by atoms with Crippen LogP contribution in [0.15, 0.2) is 15.0 Å². The average Bonchev–Trinajstić information content (AvgIpc) is 3.29. The van der Waals surface area contributed by atoms with Crippen molar-refractivity contribution in [3.05, 3.63) is 0 Å². The molecule has 29 heavy (non-hydrogen) atoms. The Labute approximate surface area is 174 Å². The van der Waals surface area contributed by atoms with Gasteiger partial charge in [0.15, 0.2) is 0 Å². The Morgan fingerprint density at radius 3 is 2.24 bits per heavy atom. The van der Waals surface area contributed by atoms with Crippen molar-refractivity contribution in [1.82, 2.24) is 0 Å². The van der Waals surface area contributed by atoms with Gasteiger partial charge in [-0.2, -0.15) is 0 Å². The van der Waals surface area contributed by atoms with Gasteiger partial charge >= 0.3 is 0 Å². The van der Waals surface area contributed by atoms with Gasteiger partial charge < -0.3 is 0 Å². The minimum Gasteiger partial charge on any atom is -0.211 e. The van der Waals surface area contributed by atoms with Gasteiger partial charge in [-0.15, -0.1) is 0 Å². The topological polar surface area (TPSA) is 88.3 Å². The Bertz CT molecular complexity index is 633. The molecule has 0 saturated heterocycles. The van der Waals surface area contributed by atoms with Crippen molar-refractivity contribution in [2.75, 3.05) is 19.6 Å². The number of fused-ring (bicyclic) bond motifs is 2. The summed E-state index contributed by atoms with van der Waals surface area (Å²) in [5.74, 6) is 2.26. The van der Waals surface area contributed by atoms with E-state index in [0.29, 0.717) is 31.0 Å². The first-order valence-corrected chi connectivity index (χ1v) is 11.3. The van der Waals surface area contributed by atoms with E-state index in [1.54, 1.807) is 18.2 Å². The molecule has 160 valence electrons. The van der Waals surface area contributed by atoms with Gasteiger partial charge in [-0.1, -0.05) is 19.3 Å². The molecular weight excluding hydrogens is 366 g/mol. The summed E-state index contributed by atoms with van der Waals surface area (Å²) < 4.78 is 0. The number of hydrogen-bond donors (Lipinski definition) is 0. The molecule has 0 N–H and O–H groups in total. The van der Waals surface area contributed by atoms with Gasteiger partial charge in [-0.3, -0.25) is 0 Å². The predicted octanol–water partition coefficient (Wildman–Crippen LogP) is 4.93. The van der Waals surface area contributed by atoms with Gasteiger partial charge in [0.25, 0.3) is 0 Å². The van der Waals surface area contributed by atoms with Gasteiger partial charge in [0.2, 0.25) is 18.2 Å². The highest BCUT2D eigenvalue weighted by Crippen LogP contribution is 2.61. The first-order chi connectivity index (χ1) is 14.2. The van der Waals surface area contributed by atoms with Crippen LogP contribution in [0.5, 0.6) is 0 Å². The van der Waals surface area contributed by atoms with Crippen LogP contribution >= 0.6 is 0 Å².